The summed E-state index contributed by atoms with van der Waals surface area (Å²) < 4.78 is 5.45. The summed E-state index contributed by atoms with van der Waals surface area (Å²) in [4.78, 5) is 10.5. The molecule has 118 valence electrons. The minimum atomic E-state index is -0.486. The first-order chi connectivity index (χ1) is 9.90. The van der Waals surface area contributed by atoms with Crippen molar-refractivity contribution >= 4 is 5.69 Å². The molecule has 1 aromatic rings. The van der Waals surface area contributed by atoms with Gasteiger partial charge in [0.2, 0.25) is 0 Å². The number of hydrogen-bond acceptors (Lipinski definition) is 5. The highest BCUT2D eigenvalue weighted by atomic mass is 16.6. The Balaban J connectivity index is 2.73. The van der Waals surface area contributed by atoms with E-state index in [2.05, 4.69) is 19.2 Å². The van der Waals surface area contributed by atoms with E-state index >= 15 is 0 Å². The van der Waals surface area contributed by atoms with Gasteiger partial charge in [-0.25, -0.2) is 0 Å². The number of hydrogen-bond donors (Lipinski definition) is 2. The van der Waals surface area contributed by atoms with Crippen LogP contribution < -0.4 is 10.1 Å². The molecule has 0 aliphatic heterocycles. The fourth-order valence-corrected chi connectivity index (χ4v) is 1.78. The molecule has 0 saturated carbocycles. The maximum absolute atomic E-state index is 11.0. The predicted molar refractivity (Wildman–Crippen MR) is 81.4 cm³/mol. The van der Waals surface area contributed by atoms with Crippen LogP contribution in [0.2, 0.25) is 0 Å². The van der Waals surface area contributed by atoms with Crippen LogP contribution in [0.25, 0.3) is 0 Å². The predicted octanol–water partition coefficient (Wildman–Crippen LogP) is 2.49. The molecule has 0 heterocycles. The molecule has 2 N–H and O–H groups in total. The van der Waals surface area contributed by atoms with Gasteiger partial charge in [-0.15, -0.1) is 0 Å². The molecule has 0 fully saturated rings. The Morgan fingerprint density at radius 3 is 2.67 bits per heavy atom. The molecule has 0 aromatic heterocycles. The van der Waals surface area contributed by atoms with Gasteiger partial charge in [-0.3, -0.25) is 10.1 Å². The van der Waals surface area contributed by atoms with Gasteiger partial charge in [0.05, 0.1) is 17.6 Å². The van der Waals surface area contributed by atoms with E-state index in [9.17, 15) is 15.2 Å². The van der Waals surface area contributed by atoms with Crippen LogP contribution >= 0.6 is 0 Å². The van der Waals surface area contributed by atoms with Crippen molar-refractivity contribution in [1.29, 1.82) is 0 Å². The molecule has 0 aliphatic carbocycles. The van der Waals surface area contributed by atoms with E-state index in [1.807, 2.05) is 0 Å². The zero-order valence-corrected chi connectivity index (χ0v) is 12.8. The Morgan fingerprint density at radius 2 is 2.10 bits per heavy atom. The Hall–Kier alpha value is -1.66. The number of nitro groups is 1. The fraction of sp³-hybridized carbons (Fsp3) is 0.600. The number of ether oxygens (including phenoxy) is 1. The molecule has 0 radical (unpaired) electrons. The molecule has 0 amide bonds. The van der Waals surface area contributed by atoms with Gasteiger partial charge in [0.15, 0.2) is 5.75 Å². The first-order valence-corrected chi connectivity index (χ1v) is 7.19. The molecule has 0 aliphatic rings. The minimum absolute atomic E-state index is 0.0480. The third-order valence-electron chi connectivity index (χ3n) is 2.90. The molecule has 1 unspecified atom stereocenters. The molecule has 1 rings (SSSR count). The van der Waals surface area contributed by atoms with Gasteiger partial charge in [0.25, 0.3) is 0 Å². The number of nitrogens with one attached hydrogen (secondary N) is 1. The Bertz CT molecular complexity index is 461. The summed E-state index contributed by atoms with van der Waals surface area (Å²) in [7, 11) is 0. The molecular weight excluding hydrogens is 272 g/mol. The number of nitrogens with zero attached hydrogens (tertiary/aromatic N) is 1. The Kier molecular flexibility index (Phi) is 7.11. The average Bonchev–Trinajstić information content (AvgIpc) is 2.37. The molecule has 1 aromatic carbocycles. The minimum Gasteiger partial charge on any atom is -0.487 e. The summed E-state index contributed by atoms with van der Waals surface area (Å²) in [5, 5.41) is 23.5. The van der Waals surface area contributed by atoms with Crippen molar-refractivity contribution in [2.75, 3.05) is 13.2 Å². The molecule has 0 saturated heterocycles. The van der Waals surface area contributed by atoms with E-state index in [0.717, 1.165) is 12.1 Å². The van der Waals surface area contributed by atoms with Gasteiger partial charge < -0.3 is 15.2 Å². The monoisotopic (exact) mass is 296 g/mol. The third kappa shape index (κ3) is 6.55. The number of aliphatic hydroxyl groups is 1. The Labute approximate surface area is 125 Å². The molecular formula is C15H24N2O4. The van der Waals surface area contributed by atoms with Crippen molar-refractivity contribution in [3.05, 3.63) is 33.9 Å². The van der Waals surface area contributed by atoms with Crippen LogP contribution in [-0.2, 0) is 6.54 Å². The van der Waals surface area contributed by atoms with Crippen LogP contribution in [0.4, 0.5) is 5.69 Å². The van der Waals surface area contributed by atoms with Crippen molar-refractivity contribution in [2.45, 2.75) is 39.8 Å². The van der Waals surface area contributed by atoms with Gasteiger partial charge in [0.1, 0.15) is 0 Å². The molecule has 1 atom stereocenters. The number of rotatable bonds is 9. The van der Waals surface area contributed by atoms with Crippen LogP contribution in [0, 0.1) is 16.0 Å². The zero-order chi connectivity index (χ0) is 15.8. The lowest BCUT2D eigenvalue weighted by Gasteiger charge is -2.11. The first-order valence-electron chi connectivity index (χ1n) is 7.19. The van der Waals surface area contributed by atoms with E-state index < -0.39 is 11.0 Å². The van der Waals surface area contributed by atoms with E-state index in [1.54, 1.807) is 19.1 Å². The zero-order valence-electron chi connectivity index (χ0n) is 12.8. The molecule has 0 bridgehead atoms. The smallest absolute Gasteiger partial charge is 0.310 e. The maximum Gasteiger partial charge on any atom is 0.310 e. The van der Waals surface area contributed by atoms with E-state index in [1.165, 1.54) is 6.07 Å². The Morgan fingerprint density at radius 1 is 1.38 bits per heavy atom. The quantitative estimate of drug-likeness (QED) is 0.540. The topological polar surface area (TPSA) is 84.6 Å². The van der Waals surface area contributed by atoms with Crippen molar-refractivity contribution in [1.82, 2.24) is 5.32 Å². The van der Waals surface area contributed by atoms with Crippen LogP contribution in [0.15, 0.2) is 18.2 Å². The molecule has 0 spiro atoms. The second-order valence-corrected chi connectivity index (χ2v) is 5.57. The van der Waals surface area contributed by atoms with E-state index in [0.29, 0.717) is 18.9 Å². The second-order valence-electron chi connectivity index (χ2n) is 5.57. The molecule has 6 nitrogen and oxygen atoms in total. The lowest BCUT2D eigenvalue weighted by atomic mass is 10.1. The van der Waals surface area contributed by atoms with Gasteiger partial charge in [-0.1, -0.05) is 19.9 Å². The van der Waals surface area contributed by atoms with Crippen LogP contribution in [0.3, 0.4) is 0 Å². The van der Waals surface area contributed by atoms with Crippen molar-refractivity contribution in [2.24, 2.45) is 5.92 Å². The van der Waals surface area contributed by atoms with Crippen molar-refractivity contribution in [3.8, 4) is 5.75 Å². The summed E-state index contributed by atoms with van der Waals surface area (Å²) in [6.07, 6.45) is -0.0487. The van der Waals surface area contributed by atoms with Gasteiger partial charge in [-0.2, -0.15) is 0 Å². The molecule has 6 heteroatoms. The summed E-state index contributed by atoms with van der Waals surface area (Å²) >= 11 is 0. The summed E-state index contributed by atoms with van der Waals surface area (Å²) in [6.45, 7) is 7.67. The van der Waals surface area contributed by atoms with Gasteiger partial charge in [0, 0.05) is 19.0 Å². The van der Waals surface area contributed by atoms with Crippen molar-refractivity contribution in [3.63, 3.8) is 0 Å². The summed E-state index contributed by atoms with van der Waals surface area (Å²) in [5.74, 6) is 0.800. The van der Waals surface area contributed by atoms with Gasteiger partial charge in [-0.05, 0) is 31.0 Å². The number of aliphatic hydroxyl groups excluding tert-OH is 1. The first kappa shape index (κ1) is 17.4. The summed E-state index contributed by atoms with van der Waals surface area (Å²) in [5.41, 5.74) is 0.890. The van der Waals surface area contributed by atoms with Crippen LogP contribution in [0.1, 0.15) is 32.8 Å². The largest absolute Gasteiger partial charge is 0.487 e. The average molecular weight is 296 g/mol. The fourth-order valence-electron chi connectivity index (χ4n) is 1.78. The van der Waals surface area contributed by atoms with E-state index in [-0.39, 0.29) is 18.0 Å². The van der Waals surface area contributed by atoms with Crippen LogP contribution in [0.5, 0.6) is 5.75 Å². The maximum atomic E-state index is 11.0. The second kappa shape index (κ2) is 8.59. The lowest BCUT2D eigenvalue weighted by Crippen LogP contribution is -2.19. The third-order valence-corrected chi connectivity index (χ3v) is 2.90. The highest BCUT2D eigenvalue weighted by molar-refractivity contribution is 5.48. The summed E-state index contributed by atoms with van der Waals surface area (Å²) in [6, 6.07) is 4.88. The highest BCUT2D eigenvalue weighted by Crippen LogP contribution is 2.28. The van der Waals surface area contributed by atoms with Crippen LogP contribution in [-0.4, -0.2) is 29.3 Å². The molecule has 21 heavy (non-hydrogen) atoms. The SMILES string of the molecule is CC(C)CNCc1ccc([N+](=O)[O-])c(OCCC(C)O)c1. The number of nitro benzene ring substituents is 1. The number of benzene rings is 1. The van der Waals surface area contributed by atoms with Crippen molar-refractivity contribution < 1.29 is 14.8 Å². The van der Waals surface area contributed by atoms with Gasteiger partial charge >= 0.3 is 5.69 Å². The lowest BCUT2D eigenvalue weighted by molar-refractivity contribution is -0.385. The highest BCUT2D eigenvalue weighted by Gasteiger charge is 2.15. The van der Waals surface area contributed by atoms with E-state index in [4.69, 9.17) is 4.74 Å². The standard InChI is InChI=1S/C15H24N2O4/c1-11(2)9-16-10-13-4-5-14(17(19)20)15(8-13)21-7-6-12(3)18/h4-5,8,11-12,16,18H,6-7,9-10H2,1-3H3. The normalized spacial score (nSPS) is 12.4.